The van der Waals surface area contributed by atoms with Gasteiger partial charge in [-0.1, -0.05) is 17.7 Å². The van der Waals surface area contributed by atoms with Crippen LogP contribution in [-0.2, 0) is 4.57 Å². The maximum atomic E-state index is 12.5. The Bertz CT molecular complexity index is 679. The summed E-state index contributed by atoms with van der Waals surface area (Å²) < 4.78 is 17.6. The predicted octanol–water partition coefficient (Wildman–Crippen LogP) is 3.91. The van der Waals surface area contributed by atoms with Crippen molar-refractivity contribution < 1.29 is 14.1 Å². The molecule has 0 amide bonds. The molecule has 0 spiro atoms. The molecule has 4 heteroatoms. The average molecular weight is 301 g/mol. The number of methoxy groups -OCH3 is 1. The summed E-state index contributed by atoms with van der Waals surface area (Å²) in [5.74, 6) is 0.678. The summed E-state index contributed by atoms with van der Waals surface area (Å²) in [6, 6.07) is 10.7. The standard InChI is InChI=1S/C17H18O3P/c1-11-9-12(2)16(13(3)10-11)17(18)21(19)15-7-5-14(20-4)6-8-15/h5-10H,1-4H3. The zero-order chi connectivity index (χ0) is 15.6. The van der Waals surface area contributed by atoms with Crippen LogP contribution in [0.2, 0.25) is 0 Å². The number of benzene rings is 2. The molecule has 0 N–H and O–H groups in total. The SMILES string of the molecule is COc1ccc([P](=O)C(=O)c2c(C)cc(C)cc2C)cc1. The third-order valence-corrected chi connectivity index (χ3v) is 4.74. The lowest BCUT2D eigenvalue weighted by atomic mass is 10.0. The Morgan fingerprint density at radius 1 is 1.00 bits per heavy atom. The minimum absolute atomic E-state index is 0.315. The fourth-order valence-corrected chi connectivity index (χ4v) is 3.66. The number of ether oxygens (including phenoxy) is 1. The van der Waals surface area contributed by atoms with Gasteiger partial charge in [0.1, 0.15) is 5.75 Å². The van der Waals surface area contributed by atoms with Crippen molar-refractivity contribution >= 4 is 18.6 Å². The lowest BCUT2D eigenvalue weighted by molar-refractivity contribution is 0.107. The van der Waals surface area contributed by atoms with Crippen LogP contribution in [0.1, 0.15) is 27.0 Å². The number of aryl methyl sites for hydroxylation is 3. The van der Waals surface area contributed by atoms with Crippen molar-refractivity contribution in [1.82, 2.24) is 0 Å². The molecule has 0 aliphatic rings. The molecule has 0 aliphatic carbocycles. The number of rotatable bonds is 4. The Balaban J connectivity index is 2.37. The quantitative estimate of drug-likeness (QED) is 0.804. The number of hydrogen-bond donors (Lipinski definition) is 0. The van der Waals surface area contributed by atoms with Crippen molar-refractivity contribution in [1.29, 1.82) is 0 Å². The minimum Gasteiger partial charge on any atom is -0.497 e. The van der Waals surface area contributed by atoms with Crippen LogP contribution >= 0.6 is 7.80 Å². The molecule has 109 valence electrons. The summed E-state index contributed by atoms with van der Waals surface area (Å²) in [6.07, 6.45) is 0. The Kier molecular flexibility index (Phi) is 4.54. The van der Waals surface area contributed by atoms with Gasteiger partial charge in [0.05, 0.1) is 7.11 Å². The molecule has 2 aromatic carbocycles. The van der Waals surface area contributed by atoms with Gasteiger partial charge in [0, 0.05) is 10.9 Å². The molecular formula is C17H18O3P. The first kappa shape index (κ1) is 15.4. The zero-order valence-electron chi connectivity index (χ0n) is 12.6. The van der Waals surface area contributed by atoms with Crippen molar-refractivity contribution in [3.63, 3.8) is 0 Å². The molecule has 0 aromatic heterocycles. The first-order valence-corrected chi connectivity index (χ1v) is 7.93. The Morgan fingerprint density at radius 3 is 2.00 bits per heavy atom. The summed E-state index contributed by atoms with van der Waals surface area (Å²) in [6.45, 7) is 5.74. The molecular weight excluding hydrogens is 283 g/mol. The largest absolute Gasteiger partial charge is 0.497 e. The van der Waals surface area contributed by atoms with Crippen LogP contribution in [0, 0.1) is 20.8 Å². The van der Waals surface area contributed by atoms with Gasteiger partial charge in [-0.15, -0.1) is 0 Å². The molecule has 3 nitrogen and oxygen atoms in total. The molecule has 21 heavy (non-hydrogen) atoms. The van der Waals surface area contributed by atoms with E-state index in [-0.39, 0.29) is 5.52 Å². The Labute approximate surface area is 125 Å². The van der Waals surface area contributed by atoms with Gasteiger partial charge in [0.25, 0.3) is 0 Å². The molecule has 1 atom stereocenters. The van der Waals surface area contributed by atoms with Crippen molar-refractivity contribution in [2.24, 2.45) is 0 Å². The molecule has 0 saturated carbocycles. The maximum absolute atomic E-state index is 12.5. The molecule has 0 saturated heterocycles. The van der Waals surface area contributed by atoms with Crippen LogP contribution < -0.4 is 10.0 Å². The van der Waals surface area contributed by atoms with Gasteiger partial charge in [0.2, 0.25) is 5.52 Å². The highest BCUT2D eigenvalue weighted by molar-refractivity contribution is 7.71. The van der Waals surface area contributed by atoms with Gasteiger partial charge in [-0.25, -0.2) is 0 Å². The van der Waals surface area contributed by atoms with E-state index >= 15 is 0 Å². The lowest BCUT2D eigenvalue weighted by Gasteiger charge is -2.10. The van der Waals surface area contributed by atoms with E-state index in [9.17, 15) is 9.36 Å². The van der Waals surface area contributed by atoms with Crippen LogP contribution in [0.5, 0.6) is 5.75 Å². The van der Waals surface area contributed by atoms with Crippen LogP contribution in [0.15, 0.2) is 36.4 Å². The molecule has 2 rings (SSSR count). The average Bonchev–Trinajstić information content (AvgIpc) is 2.45. The van der Waals surface area contributed by atoms with Crippen molar-refractivity contribution in [3.05, 3.63) is 58.7 Å². The van der Waals surface area contributed by atoms with Crippen molar-refractivity contribution in [2.75, 3.05) is 7.11 Å². The van der Waals surface area contributed by atoms with E-state index in [0.717, 1.165) is 16.7 Å². The monoisotopic (exact) mass is 301 g/mol. The normalized spacial score (nSPS) is 11.1. The molecule has 0 aliphatic heterocycles. The van der Waals surface area contributed by atoms with Gasteiger partial charge < -0.3 is 4.74 Å². The highest BCUT2D eigenvalue weighted by atomic mass is 31.1. The molecule has 0 bridgehead atoms. The number of carbonyl (C=O) groups is 1. The van der Waals surface area contributed by atoms with E-state index < -0.39 is 7.80 Å². The molecule has 1 radical (unpaired) electrons. The van der Waals surface area contributed by atoms with Gasteiger partial charge in [-0.3, -0.25) is 9.36 Å². The van der Waals surface area contributed by atoms with Crippen molar-refractivity contribution in [2.45, 2.75) is 20.8 Å². The van der Waals surface area contributed by atoms with Crippen LogP contribution in [0.3, 0.4) is 0 Å². The van der Waals surface area contributed by atoms with Crippen LogP contribution in [-0.4, -0.2) is 12.6 Å². The number of carbonyl (C=O) groups excluding carboxylic acids is 1. The zero-order valence-corrected chi connectivity index (χ0v) is 13.5. The fourth-order valence-electron chi connectivity index (χ4n) is 2.45. The molecule has 0 heterocycles. The fraction of sp³-hybridized carbons (Fsp3) is 0.235. The third-order valence-electron chi connectivity index (χ3n) is 3.38. The predicted molar refractivity (Wildman–Crippen MR) is 85.2 cm³/mol. The second-order valence-electron chi connectivity index (χ2n) is 5.07. The smallest absolute Gasteiger partial charge is 0.247 e. The summed E-state index contributed by atoms with van der Waals surface area (Å²) in [7, 11) is -0.548. The Hall–Kier alpha value is -1.99. The van der Waals surface area contributed by atoms with E-state index in [1.165, 1.54) is 0 Å². The molecule has 0 fully saturated rings. The second kappa shape index (κ2) is 6.19. The summed E-state index contributed by atoms with van der Waals surface area (Å²) in [5.41, 5.74) is 3.09. The second-order valence-corrected chi connectivity index (χ2v) is 6.58. The maximum Gasteiger partial charge on any atom is 0.247 e. The highest BCUT2D eigenvalue weighted by Crippen LogP contribution is 2.30. The first-order chi connectivity index (χ1) is 9.93. The molecule has 2 aromatic rings. The first-order valence-electron chi connectivity index (χ1n) is 6.67. The van der Waals surface area contributed by atoms with Gasteiger partial charge in [-0.2, -0.15) is 0 Å². The van der Waals surface area contributed by atoms with Gasteiger partial charge in [-0.05, 0) is 56.2 Å². The summed E-state index contributed by atoms with van der Waals surface area (Å²) >= 11 is 0. The highest BCUT2D eigenvalue weighted by Gasteiger charge is 2.21. The van der Waals surface area contributed by atoms with Gasteiger partial charge >= 0.3 is 0 Å². The van der Waals surface area contributed by atoms with E-state index in [2.05, 4.69) is 0 Å². The minimum atomic E-state index is -2.12. The van der Waals surface area contributed by atoms with E-state index in [0.29, 0.717) is 16.6 Å². The summed E-state index contributed by atoms with van der Waals surface area (Å²) in [5, 5.41) is 0.523. The van der Waals surface area contributed by atoms with Crippen molar-refractivity contribution in [3.8, 4) is 5.75 Å². The molecule has 1 unspecified atom stereocenters. The van der Waals surface area contributed by atoms with Crippen LogP contribution in [0.25, 0.3) is 0 Å². The van der Waals surface area contributed by atoms with Gasteiger partial charge in [0.15, 0.2) is 7.80 Å². The lowest BCUT2D eigenvalue weighted by Crippen LogP contribution is -2.07. The van der Waals surface area contributed by atoms with Crippen LogP contribution in [0.4, 0.5) is 0 Å². The van der Waals surface area contributed by atoms with E-state index in [1.807, 2.05) is 32.9 Å². The Morgan fingerprint density at radius 2 is 1.52 bits per heavy atom. The van der Waals surface area contributed by atoms with E-state index in [4.69, 9.17) is 4.74 Å². The topological polar surface area (TPSA) is 43.4 Å². The third kappa shape index (κ3) is 3.20. The number of hydrogen-bond acceptors (Lipinski definition) is 3. The van der Waals surface area contributed by atoms with E-state index in [1.54, 1.807) is 31.4 Å². The summed E-state index contributed by atoms with van der Waals surface area (Å²) in [4.78, 5) is 12.5.